The van der Waals surface area contributed by atoms with Crippen LogP contribution in [0.4, 0.5) is 11.9 Å². The minimum atomic E-state index is 0.281. The summed E-state index contributed by atoms with van der Waals surface area (Å²) in [7, 11) is 3.75. The topological polar surface area (TPSA) is 63.2 Å². The number of ether oxygens (including phenoxy) is 1. The normalized spacial score (nSPS) is 10.2. The van der Waals surface area contributed by atoms with E-state index in [9.17, 15) is 0 Å². The Morgan fingerprint density at radius 3 is 2.60 bits per heavy atom. The molecule has 1 aromatic carbocycles. The Morgan fingerprint density at radius 1 is 1.20 bits per heavy atom. The van der Waals surface area contributed by atoms with Crippen molar-refractivity contribution in [3.8, 4) is 11.8 Å². The number of para-hydroxylation sites is 1. The van der Waals surface area contributed by atoms with Gasteiger partial charge in [0.05, 0.1) is 3.57 Å². The molecular weight excluding hydrogens is 369 g/mol. The zero-order chi connectivity index (χ0) is 14.5. The molecule has 2 aromatic rings. The van der Waals surface area contributed by atoms with Gasteiger partial charge in [0.15, 0.2) is 0 Å². The van der Waals surface area contributed by atoms with E-state index in [1.807, 2.05) is 50.2 Å². The maximum Gasteiger partial charge on any atom is 0.328 e. The van der Waals surface area contributed by atoms with E-state index in [4.69, 9.17) is 4.74 Å². The van der Waals surface area contributed by atoms with E-state index in [-0.39, 0.29) is 6.01 Å². The molecule has 1 N–H and O–H groups in total. The van der Waals surface area contributed by atoms with Crippen molar-refractivity contribution < 1.29 is 4.74 Å². The first-order valence-corrected chi connectivity index (χ1v) is 7.27. The fourth-order valence-electron chi connectivity index (χ4n) is 1.45. The summed E-state index contributed by atoms with van der Waals surface area (Å²) >= 11 is 2.21. The van der Waals surface area contributed by atoms with E-state index in [1.54, 1.807) is 0 Å². The van der Waals surface area contributed by atoms with Crippen LogP contribution in [0.25, 0.3) is 0 Å². The lowest BCUT2D eigenvalue weighted by Gasteiger charge is -2.13. The van der Waals surface area contributed by atoms with Crippen LogP contribution in [0.1, 0.15) is 6.92 Å². The molecule has 0 spiro atoms. The smallest absolute Gasteiger partial charge is 0.328 e. The Balaban J connectivity index is 2.33. The predicted octanol–water partition coefficient (Wildman–Crippen LogP) is 2.77. The first-order chi connectivity index (χ1) is 9.60. The number of nitrogens with one attached hydrogen (secondary N) is 1. The van der Waals surface area contributed by atoms with Crippen LogP contribution >= 0.6 is 22.6 Å². The van der Waals surface area contributed by atoms with Crippen molar-refractivity contribution in [1.29, 1.82) is 0 Å². The molecule has 0 amide bonds. The van der Waals surface area contributed by atoms with Gasteiger partial charge in [-0.1, -0.05) is 12.1 Å². The van der Waals surface area contributed by atoms with Crippen molar-refractivity contribution in [2.24, 2.45) is 0 Å². The molecule has 0 saturated heterocycles. The van der Waals surface area contributed by atoms with Gasteiger partial charge in [-0.3, -0.25) is 0 Å². The number of halogens is 1. The summed E-state index contributed by atoms with van der Waals surface area (Å²) in [6.45, 7) is 2.72. The van der Waals surface area contributed by atoms with Gasteiger partial charge in [0, 0.05) is 20.6 Å². The Hall–Kier alpha value is -1.64. The van der Waals surface area contributed by atoms with Gasteiger partial charge in [0.25, 0.3) is 0 Å². The summed E-state index contributed by atoms with van der Waals surface area (Å²) in [5.74, 6) is 1.79. The number of nitrogens with zero attached hydrogens (tertiary/aromatic N) is 4. The first kappa shape index (κ1) is 14.8. The summed E-state index contributed by atoms with van der Waals surface area (Å²) in [6, 6.07) is 8.00. The van der Waals surface area contributed by atoms with Crippen LogP contribution in [0.2, 0.25) is 0 Å². The van der Waals surface area contributed by atoms with Crippen LogP contribution in [0.3, 0.4) is 0 Å². The third kappa shape index (κ3) is 3.69. The Labute approximate surface area is 131 Å². The number of benzene rings is 1. The molecule has 0 atom stereocenters. The minimum absolute atomic E-state index is 0.281. The van der Waals surface area contributed by atoms with Gasteiger partial charge in [-0.25, -0.2) is 0 Å². The molecule has 2 rings (SSSR count). The van der Waals surface area contributed by atoms with E-state index in [0.717, 1.165) is 15.9 Å². The van der Waals surface area contributed by atoms with Crippen molar-refractivity contribution in [2.45, 2.75) is 6.92 Å². The van der Waals surface area contributed by atoms with Crippen LogP contribution in [0.15, 0.2) is 24.3 Å². The fourth-order valence-corrected chi connectivity index (χ4v) is 1.95. The largest absolute Gasteiger partial charge is 0.423 e. The molecule has 0 saturated carbocycles. The summed E-state index contributed by atoms with van der Waals surface area (Å²) in [5.41, 5.74) is 0. The van der Waals surface area contributed by atoms with Crippen molar-refractivity contribution in [1.82, 2.24) is 15.0 Å². The highest BCUT2D eigenvalue weighted by molar-refractivity contribution is 14.1. The van der Waals surface area contributed by atoms with E-state index in [0.29, 0.717) is 11.9 Å². The number of hydrogen-bond acceptors (Lipinski definition) is 6. The molecule has 106 valence electrons. The monoisotopic (exact) mass is 385 g/mol. The molecule has 0 fully saturated rings. The Kier molecular flexibility index (Phi) is 4.94. The summed E-state index contributed by atoms with van der Waals surface area (Å²) in [5, 5.41) is 3.07. The van der Waals surface area contributed by atoms with Gasteiger partial charge in [-0.2, -0.15) is 15.0 Å². The van der Waals surface area contributed by atoms with Gasteiger partial charge in [0.1, 0.15) is 5.75 Å². The van der Waals surface area contributed by atoms with Crippen molar-refractivity contribution in [3.05, 3.63) is 27.8 Å². The average Bonchev–Trinajstić information content (AvgIpc) is 2.41. The molecule has 1 aromatic heterocycles. The second-order valence-corrected chi connectivity index (χ2v) is 5.36. The van der Waals surface area contributed by atoms with Crippen LogP contribution < -0.4 is 15.0 Å². The minimum Gasteiger partial charge on any atom is -0.423 e. The number of rotatable bonds is 5. The lowest BCUT2D eigenvalue weighted by molar-refractivity contribution is 0.437. The van der Waals surface area contributed by atoms with E-state index in [2.05, 4.69) is 42.9 Å². The van der Waals surface area contributed by atoms with Crippen molar-refractivity contribution in [3.63, 3.8) is 0 Å². The molecule has 0 unspecified atom stereocenters. The SMILES string of the molecule is CCNc1nc(Oc2ccccc2I)nc(N(C)C)n1. The lowest BCUT2D eigenvalue weighted by Crippen LogP contribution is -2.15. The van der Waals surface area contributed by atoms with Crippen molar-refractivity contribution in [2.75, 3.05) is 30.9 Å². The highest BCUT2D eigenvalue weighted by atomic mass is 127. The van der Waals surface area contributed by atoms with Crippen LogP contribution in [-0.2, 0) is 0 Å². The molecule has 1 heterocycles. The number of aromatic nitrogens is 3. The zero-order valence-electron chi connectivity index (χ0n) is 11.6. The number of hydrogen-bond donors (Lipinski definition) is 1. The molecule has 0 aliphatic carbocycles. The summed E-state index contributed by atoms with van der Waals surface area (Å²) in [4.78, 5) is 14.7. The van der Waals surface area contributed by atoms with E-state index < -0.39 is 0 Å². The molecule has 20 heavy (non-hydrogen) atoms. The zero-order valence-corrected chi connectivity index (χ0v) is 13.7. The van der Waals surface area contributed by atoms with Crippen molar-refractivity contribution >= 4 is 34.5 Å². The third-order valence-corrected chi connectivity index (χ3v) is 3.27. The first-order valence-electron chi connectivity index (χ1n) is 6.19. The van der Waals surface area contributed by atoms with E-state index in [1.165, 1.54) is 0 Å². The predicted molar refractivity (Wildman–Crippen MR) is 87.6 cm³/mol. The molecule has 6 nitrogen and oxygen atoms in total. The molecule has 0 aliphatic rings. The second-order valence-electron chi connectivity index (χ2n) is 4.20. The number of anilines is 2. The van der Waals surface area contributed by atoms with Gasteiger partial charge < -0.3 is 15.0 Å². The molecule has 0 aliphatic heterocycles. The maximum absolute atomic E-state index is 5.75. The highest BCUT2D eigenvalue weighted by Gasteiger charge is 2.10. The standard InChI is InChI=1S/C13H16IN5O/c1-4-15-11-16-12(19(2)3)18-13(17-11)20-10-8-6-5-7-9(10)14/h5-8H,4H2,1-3H3,(H,15,16,17,18). The van der Waals surface area contributed by atoms with E-state index >= 15 is 0 Å². The second kappa shape index (κ2) is 6.69. The van der Waals surface area contributed by atoms with Gasteiger partial charge in [-0.05, 0) is 41.6 Å². The Bertz CT molecular complexity index is 591. The fraction of sp³-hybridized carbons (Fsp3) is 0.308. The third-order valence-electron chi connectivity index (χ3n) is 2.38. The Morgan fingerprint density at radius 2 is 1.95 bits per heavy atom. The average molecular weight is 385 g/mol. The maximum atomic E-state index is 5.75. The lowest BCUT2D eigenvalue weighted by atomic mass is 10.3. The van der Waals surface area contributed by atoms with Crippen LogP contribution in [-0.4, -0.2) is 35.6 Å². The molecule has 0 bridgehead atoms. The highest BCUT2D eigenvalue weighted by Crippen LogP contribution is 2.25. The quantitative estimate of drug-likeness (QED) is 0.799. The van der Waals surface area contributed by atoms with Gasteiger partial charge in [-0.15, -0.1) is 0 Å². The molecule has 7 heteroatoms. The van der Waals surface area contributed by atoms with Gasteiger partial charge >= 0.3 is 6.01 Å². The van der Waals surface area contributed by atoms with Crippen LogP contribution in [0, 0.1) is 3.57 Å². The van der Waals surface area contributed by atoms with Crippen LogP contribution in [0.5, 0.6) is 11.8 Å². The summed E-state index contributed by atoms with van der Waals surface area (Å²) < 4.78 is 6.75. The molecule has 0 radical (unpaired) electrons. The van der Waals surface area contributed by atoms with Gasteiger partial charge in [0.2, 0.25) is 11.9 Å². The molecular formula is C13H16IN5O. The summed E-state index contributed by atoms with van der Waals surface area (Å²) in [6.07, 6.45) is 0.